The molecule has 1 aliphatic heterocycles. The Bertz CT molecular complexity index is 818. The van der Waals surface area contributed by atoms with Crippen LogP contribution in [-0.4, -0.2) is 64.5 Å². The van der Waals surface area contributed by atoms with Gasteiger partial charge < -0.3 is 9.84 Å². The van der Waals surface area contributed by atoms with Gasteiger partial charge in [0.2, 0.25) is 0 Å². The van der Waals surface area contributed by atoms with Gasteiger partial charge in [0.05, 0.1) is 12.8 Å². The van der Waals surface area contributed by atoms with Crippen LogP contribution in [0.5, 0.6) is 5.75 Å². The van der Waals surface area contributed by atoms with E-state index in [4.69, 9.17) is 4.74 Å². The number of hydrogen-bond acceptors (Lipinski definition) is 5. The Balaban J connectivity index is 1.64. The first-order chi connectivity index (χ1) is 14.4. The van der Waals surface area contributed by atoms with Gasteiger partial charge in [-0.1, -0.05) is 19.9 Å². The van der Waals surface area contributed by atoms with Gasteiger partial charge in [-0.15, -0.1) is 0 Å². The zero-order chi connectivity index (χ0) is 21.7. The number of aromatic nitrogens is 2. The van der Waals surface area contributed by atoms with Crippen molar-refractivity contribution in [2.75, 3.05) is 33.4 Å². The maximum Gasteiger partial charge on any atom is 0.122 e. The van der Waals surface area contributed by atoms with E-state index in [0.717, 1.165) is 57.0 Å². The van der Waals surface area contributed by atoms with Gasteiger partial charge in [0, 0.05) is 51.1 Å². The minimum atomic E-state index is 0.220. The van der Waals surface area contributed by atoms with E-state index in [1.54, 1.807) is 7.11 Å². The molecule has 1 aromatic carbocycles. The molecule has 166 valence electrons. The fraction of sp³-hybridized carbons (Fsp3) is 0.625. The van der Waals surface area contributed by atoms with Crippen LogP contribution in [0.2, 0.25) is 0 Å². The number of nitrogens with one attached hydrogen (secondary N) is 1. The second kappa shape index (κ2) is 10.4. The van der Waals surface area contributed by atoms with Gasteiger partial charge >= 0.3 is 0 Å². The standard InChI is InChI=1S/C24H38N4O2/c1-17(2)12-21-13-22(26-25-21)15-27-9-10-28(23(16-27)8-11-29)14-20-6-7-24(30-5)19(4)18(20)3/h6-7,13,17,23,29H,8-12,14-16H2,1-5H3,(H,25,26)/t23-/m1/s1. The number of aliphatic hydroxyl groups is 1. The van der Waals surface area contributed by atoms with Crippen molar-refractivity contribution >= 4 is 0 Å². The molecule has 3 rings (SSSR count). The maximum atomic E-state index is 9.65. The van der Waals surface area contributed by atoms with E-state index in [-0.39, 0.29) is 6.61 Å². The monoisotopic (exact) mass is 414 g/mol. The molecule has 0 bridgehead atoms. The molecular weight excluding hydrogens is 376 g/mol. The van der Waals surface area contributed by atoms with Crippen molar-refractivity contribution in [3.8, 4) is 5.75 Å². The summed E-state index contributed by atoms with van der Waals surface area (Å²) in [5, 5.41) is 17.3. The van der Waals surface area contributed by atoms with Crippen molar-refractivity contribution in [3.63, 3.8) is 0 Å². The highest BCUT2D eigenvalue weighted by Crippen LogP contribution is 2.26. The lowest BCUT2D eigenvalue weighted by Gasteiger charge is -2.41. The lowest BCUT2D eigenvalue weighted by molar-refractivity contribution is 0.0492. The molecule has 0 unspecified atom stereocenters. The van der Waals surface area contributed by atoms with E-state index in [9.17, 15) is 5.11 Å². The van der Waals surface area contributed by atoms with Crippen molar-refractivity contribution in [1.82, 2.24) is 20.0 Å². The van der Waals surface area contributed by atoms with Crippen molar-refractivity contribution in [2.45, 2.75) is 59.7 Å². The zero-order valence-electron chi connectivity index (χ0n) is 19.2. The first-order valence-electron chi connectivity index (χ1n) is 11.1. The summed E-state index contributed by atoms with van der Waals surface area (Å²) in [6.07, 6.45) is 1.81. The Morgan fingerprint density at radius 2 is 2.00 bits per heavy atom. The molecule has 0 radical (unpaired) electrons. The van der Waals surface area contributed by atoms with Gasteiger partial charge in [-0.25, -0.2) is 0 Å². The molecule has 0 amide bonds. The van der Waals surface area contributed by atoms with Gasteiger partial charge in [-0.2, -0.15) is 5.10 Å². The van der Waals surface area contributed by atoms with Crippen molar-refractivity contribution < 1.29 is 9.84 Å². The third kappa shape index (κ3) is 5.62. The molecule has 0 spiro atoms. The summed E-state index contributed by atoms with van der Waals surface area (Å²) in [5.74, 6) is 1.56. The summed E-state index contributed by atoms with van der Waals surface area (Å²) in [6.45, 7) is 13.8. The van der Waals surface area contributed by atoms with Crippen molar-refractivity contribution in [3.05, 3.63) is 46.3 Å². The lowest BCUT2D eigenvalue weighted by Crippen LogP contribution is -2.52. The molecule has 2 N–H and O–H groups in total. The number of hydrogen-bond donors (Lipinski definition) is 2. The summed E-state index contributed by atoms with van der Waals surface area (Å²) >= 11 is 0. The molecule has 30 heavy (non-hydrogen) atoms. The predicted octanol–water partition coefficient (Wildman–Crippen LogP) is 3.30. The minimum Gasteiger partial charge on any atom is -0.496 e. The largest absolute Gasteiger partial charge is 0.496 e. The molecule has 1 aliphatic rings. The molecule has 1 atom stereocenters. The number of benzene rings is 1. The Kier molecular flexibility index (Phi) is 7.92. The van der Waals surface area contributed by atoms with E-state index in [0.29, 0.717) is 12.0 Å². The molecule has 0 saturated carbocycles. The summed E-state index contributed by atoms with van der Waals surface area (Å²) < 4.78 is 5.46. The number of nitrogens with zero attached hydrogens (tertiary/aromatic N) is 3. The van der Waals surface area contributed by atoms with E-state index >= 15 is 0 Å². The molecular formula is C24H38N4O2. The Morgan fingerprint density at radius 1 is 1.20 bits per heavy atom. The third-order valence-electron chi connectivity index (χ3n) is 6.29. The number of aliphatic hydroxyl groups excluding tert-OH is 1. The first-order valence-corrected chi connectivity index (χ1v) is 11.1. The number of aromatic amines is 1. The number of methoxy groups -OCH3 is 1. The average Bonchev–Trinajstić information content (AvgIpc) is 3.13. The molecule has 6 heteroatoms. The Hall–Kier alpha value is -1.89. The van der Waals surface area contributed by atoms with Gasteiger partial charge in [-0.05, 0) is 61.4 Å². The predicted molar refractivity (Wildman–Crippen MR) is 121 cm³/mol. The third-order valence-corrected chi connectivity index (χ3v) is 6.29. The first kappa shape index (κ1) is 22.8. The van der Waals surface area contributed by atoms with Gasteiger partial charge in [0.25, 0.3) is 0 Å². The molecule has 1 saturated heterocycles. The second-order valence-corrected chi connectivity index (χ2v) is 9.03. The van der Waals surface area contributed by atoms with Crippen LogP contribution >= 0.6 is 0 Å². The molecule has 2 aromatic rings. The Labute approximate surface area is 181 Å². The van der Waals surface area contributed by atoms with E-state index in [1.807, 2.05) is 0 Å². The van der Waals surface area contributed by atoms with Gasteiger partial charge in [0.15, 0.2) is 0 Å². The fourth-order valence-corrected chi connectivity index (χ4v) is 4.45. The highest BCUT2D eigenvalue weighted by Gasteiger charge is 2.27. The lowest BCUT2D eigenvalue weighted by atomic mass is 10.00. The second-order valence-electron chi connectivity index (χ2n) is 9.03. The van der Waals surface area contributed by atoms with Crippen LogP contribution in [0.3, 0.4) is 0 Å². The normalized spacial score (nSPS) is 18.3. The summed E-state index contributed by atoms with van der Waals surface area (Å²) in [5.41, 5.74) is 6.19. The zero-order valence-corrected chi connectivity index (χ0v) is 19.2. The van der Waals surface area contributed by atoms with Crippen molar-refractivity contribution in [2.24, 2.45) is 5.92 Å². The highest BCUT2D eigenvalue weighted by molar-refractivity contribution is 5.43. The van der Waals surface area contributed by atoms with Crippen LogP contribution in [0.25, 0.3) is 0 Å². The summed E-state index contributed by atoms with van der Waals surface area (Å²) in [6, 6.07) is 6.81. The molecule has 6 nitrogen and oxygen atoms in total. The fourth-order valence-electron chi connectivity index (χ4n) is 4.45. The number of piperazine rings is 1. The van der Waals surface area contributed by atoms with E-state index in [1.165, 1.54) is 22.4 Å². The van der Waals surface area contributed by atoms with Gasteiger partial charge in [-0.3, -0.25) is 14.9 Å². The summed E-state index contributed by atoms with van der Waals surface area (Å²) in [7, 11) is 1.73. The Morgan fingerprint density at radius 3 is 2.70 bits per heavy atom. The minimum absolute atomic E-state index is 0.220. The molecule has 0 aliphatic carbocycles. The van der Waals surface area contributed by atoms with Gasteiger partial charge in [0.1, 0.15) is 5.75 Å². The van der Waals surface area contributed by atoms with E-state index in [2.05, 4.69) is 65.9 Å². The maximum absolute atomic E-state index is 9.65. The van der Waals surface area contributed by atoms with Crippen LogP contribution in [-0.2, 0) is 19.5 Å². The van der Waals surface area contributed by atoms with Crippen LogP contribution in [0, 0.1) is 19.8 Å². The smallest absolute Gasteiger partial charge is 0.122 e. The number of ether oxygens (including phenoxy) is 1. The quantitative estimate of drug-likeness (QED) is 0.659. The number of rotatable bonds is 9. The summed E-state index contributed by atoms with van der Waals surface area (Å²) in [4.78, 5) is 5.01. The van der Waals surface area contributed by atoms with Crippen LogP contribution in [0.15, 0.2) is 18.2 Å². The topological polar surface area (TPSA) is 64.6 Å². The highest BCUT2D eigenvalue weighted by atomic mass is 16.5. The van der Waals surface area contributed by atoms with Crippen molar-refractivity contribution in [1.29, 1.82) is 0 Å². The van der Waals surface area contributed by atoms with Crippen LogP contribution in [0.1, 0.15) is 48.3 Å². The molecule has 2 heterocycles. The van der Waals surface area contributed by atoms with Crippen LogP contribution < -0.4 is 4.74 Å². The van der Waals surface area contributed by atoms with Crippen LogP contribution in [0.4, 0.5) is 0 Å². The number of H-pyrrole nitrogens is 1. The SMILES string of the molecule is COc1ccc(CN2CCN(Cc3cc(CC(C)C)n[nH]3)C[C@H]2CCO)c(C)c1C. The molecule has 1 aromatic heterocycles. The van der Waals surface area contributed by atoms with E-state index < -0.39 is 0 Å². The average molecular weight is 415 g/mol. The molecule has 1 fully saturated rings.